The van der Waals surface area contributed by atoms with Crippen LogP contribution in [0.3, 0.4) is 0 Å². The normalized spacial score (nSPS) is 18.2. The molecule has 2 fully saturated rings. The van der Waals surface area contributed by atoms with Crippen LogP contribution in [0.4, 0.5) is 33.3 Å². The van der Waals surface area contributed by atoms with Crippen molar-refractivity contribution in [3.05, 3.63) is 23.8 Å². The van der Waals surface area contributed by atoms with Crippen LogP contribution in [0.1, 0.15) is 24.8 Å². The van der Waals surface area contributed by atoms with Crippen molar-refractivity contribution < 1.29 is 41.1 Å². The van der Waals surface area contributed by atoms with Gasteiger partial charge in [0.05, 0.1) is 24.4 Å². The third-order valence-corrected chi connectivity index (χ3v) is 5.82. The first-order valence-electron chi connectivity index (χ1n) is 10.7. The summed E-state index contributed by atoms with van der Waals surface area (Å²) in [7, 11) is 0. The molecule has 1 saturated heterocycles. The highest BCUT2D eigenvalue weighted by atomic mass is 19.4. The van der Waals surface area contributed by atoms with Gasteiger partial charge in [0.15, 0.2) is 6.04 Å². The number of rotatable bonds is 9. The summed E-state index contributed by atoms with van der Waals surface area (Å²) in [5.74, 6) is -2.93. The summed E-state index contributed by atoms with van der Waals surface area (Å²) in [6.07, 6.45) is -5.31. The Morgan fingerprint density at radius 2 is 1.97 bits per heavy atom. The van der Waals surface area contributed by atoms with Crippen LogP contribution in [0, 0.1) is 5.92 Å². The molecular weight excluding hydrogens is 467 g/mol. The van der Waals surface area contributed by atoms with E-state index in [1.807, 2.05) is 0 Å². The highest BCUT2D eigenvalue weighted by molar-refractivity contribution is 6.09. The summed E-state index contributed by atoms with van der Waals surface area (Å²) < 4.78 is 72.4. The molecule has 13 heteroatoms. The summed E-state index contributed by atoms with van der Waals surface area (Å²) in [5, 5.41) is 2.19. The van der Waals surface area contributed by atoms with E-state index < -0.39 is 54.2 Å². The van der Waals surface area contributed by atoms with Crippen LogP contribution in [0.5, 0.6) is 0 Å². The number of morpholine rings is 1. The van der Waals surface area contributed by atoms with Crippen LogP contribution >= 0.6 is 0 Å². The Labute approximate surface area is 192 Å². The Bertz CT molecular complexity index is 923. The van der Waals surface area contributed by atoms with Crippen LogP contribution < -0.4 is 16.0 Å². The second-order valence-corrected chi connectivity index (χ2v) is 8.26. The molecule has 1 aliphatic carbocycles. The molecule has 0 bridgehead atoms. The number of halogens is 5. The fourth-order valence-corrected chi connectivity index (χ4v) is 4.00. The fraction of sp³-hybridized carbons (Fsp3) is 0.571. The van der Waals surface area contributed by atoms with E-state index in [-0.39, 0.29) is 37.9 Å². The van der Waals surface area contributed by atoms with Crippen molar-refractivity contribution in [3.8, 4) is 0 Å². The molecule has 1 atom stereocenters. The predicted molar refractivity (Wildman–Crippen MR) is 111 cm³/mol. The molecule has 0 aromatic heterocycles. The summed E-state index contributed by atoms with van der Waals surface area (Å²) in [6.45, 7) is -1.23. The minimum Gasteiger partial charge on any atom is -0.370 e. The van der Waals surface area contributed by atoms with E-state index in [4.69, 9.17) is 10.5 Å². The Hall–Kier alpha value is -2.80. The van der Waals surface area contributed by atoms with E-state index in [1.165, 1.54) is 0 Å². The second-order valence-electron chi connectivity index (χ2n) is 8.26. The van der Waals surface area contributed by atoms with Crippen molar-refractivity contribution >= 4 is 29.1 Å². The Kier molecular flexibility index (Phi) is 8.08. The number of benzene rings is 1. The van der Waals surface area contributed by atoms with Gasteiger partial charge in [-0.3, -0.25) is 19.3 Å². The lowest BCUT2D eigenvalue weighted by molar-refractivity contribution is -0.138. The number of nitrogens with one attached hydrogen (secondary N) is 1. The van der Waals surface area contributed by atoms with Gasteiger partial charge in [0.1, 0.15) is 6.61 Å². The summed E-state index contributed by atoms with van der Waals surface area (Å²) in [4.78, 5) is 38.7. The molecule has 1 aromatic carbocycles. The van der Waals surface area contributed by atoms with E-state index >= 15 is 0 Å². The quantitative estimate of drug-likeness (QED) is 0.407. The van der Waals surface area contributed by atoms with E-state index in [9.17, 15) is 36.3 Å². The van der Waals surface area contributed by atoms with Crippen molar-refractivity contribution in [1.82, 2.24) is 4.90 Å². The molecule has 3 rings (SSSR count). The van der Waals surface area contributed by atoms with Gasteiger partial charge in [-0.05, 0) is 37.0 Å². The first-order chi connectivity index (χ1) is 16.0. The number of amides is 3. The molecule has 8 nitrogen and oxygen atoms in total. The molecule has 188 valence electrons. The molecule has 34 heavy (non-hydrogen) atoms. The number of alkyl halides is 5. The smallest absolute Gasteiger partial charge is 0.370 e. The van der Waals surface area contributed by atoms with Gasteiger partial charge in [-0.25, -0.2) is 8.78 Å². The van der Waals surface area contributed by atoms with Gasteiger partial charge in [-0.1, -0.05) is 6.42 Å². The topological polar surface area (TPSA) is 105 Å². The highest BCUT2D eigenvalue weighted by Gasteiger charge is 2.38. The van der Waals surface area contributed by atoms with Crippen molar-refractivity contribution in [1.29, 1.82) is 0 Å². The largest absolute Gasteiger partial charge is 0.418 e. The Balaban J connectivity index is 1.86. The van der Waals surface area contributed by atoms with Crippen molar-refractivity contribution in [3.63, 3.8) is 0 Å². The number of nitrogens with two attached hydrogens (primary N) is 1. The van der Waals surface area contributed by atoms with Crippen LogP contribution in [0.2, 0.25) is 0 Å². The lowest BCUT2D eigenvalue weighted by atomic mass is 9.85. The zero-order valence-corrected chi connectivity index (χ0v) is 18.1. The molecule has 1 aromatic rings. The number of carbonyl (C=O) groups excluding carboxylic acids is 3. The monoisotopic (exact) mass is 492 g/mol. The standard InChI is InChI=1S/C21H25F5N4O4/c22-16(23)10-29(9-12-2-1-3-12)18(19(27)32)20(33)28-13-4-5-15(14(8-13)21(24,25)26)30-6-7-34-11-17(30)31/h4-5,8,12,16,18H,1-3,6-7,9-11H2,(H2,27,32)(H,28,33)/t18-/m1/s1. The van der Waals surface area contributed by atoms with E-state index in [0.29, 0.717) is 6.07 Å². The molecule has 0 radical (unpaired) electrons. The van der Waals surface area contributed by atoms with Gasteiger partial charge in [0.2, 0.25) is 5.91 Å². The lowest BCUT2D eigenvalue weighted by Crippen LogP contribution is -2.55. The van der Waals surface area contributed by atoms with Gasteiger partial charge >= 0.3 is 6.18 Å². The predicted octanol–water partition coefficient (Wildman–Crippen LogP) is 2.23. The van der Waals surface area contributed by atoms with E-state index in [1.54, 1.807) is 0 Å². The SMILES string of the molecule is NC(=O)[C@H](C(=O)Nc1ccc(N2CCOCC2=O)c(C(F)(F)F)c1)N(CC(F)F)CC1CCC1. The number of primary amides is 1. The molecule has 0 spiro atoms. The maximum absolute atomic E-state index is 13.7. The van der Waals surface area contributed by atoms with Crippen LogP contribution in [-0.4, -0.2) is 67.9 Å². The van der Waals surface area contributed by atoms with Crippen LogP contribution in [0.15, 0.2) is 18.2 Å². The van der Waals surface area contributed by atoms with Crippen LogP contribution in [-0.2, 0) is 25.3 Å². The summed E-state index contributed by atoms with van der Waals surface area (Å²) in [6, 6.07) is 0.987. The summed E-state index contributed by atoms with van der Waals surface area (Å²) >= 11 is 0. The molecule has 1 aliphatic heterocycles. The number of anilines is 2. The number of nitrogens with zero attached hydrogens (tertiary/aromatic N) is 2. The third-order valence-electron chi connectivity index (χ3n) is 5.82. The molecule has 0 unspecified atom stereocenters. The number of carbonyl (C=O) groups is 3. The molecule has 2 aliphatic rings. The van der Waals surface area contributed by atoms with Crippen LogP contribution in [0.25, 0.3) is 0 Å². The van der Waals surface area contributed by atoms with Gasteiger partial charge in [0, 0.05) is 18.8 Å². The van der Waals surface area contributed by atoms with Gasteiger partial charge < -0.3 is 20.7 Å². The Morgan fingerprint density at radius 1 is 1.26 bits per heavy atom. The summed E-state index contributed by atoms with van der Waals surface area (Å²) in [5.41, 5.74) is 3.40. The third kappa shape index (κ3) is 6.20. The minimum atomic E-state index is -4.87. The molecule has 3 amide bonds. The highest BCUT2D eigenvalue weighted by Crippen LogP contribution is 2.39. The van der Waals surface area contributed by atoms with Gasteiger partial charge in [-0.2, -0.15) is 13.2 Å². The number of hydrogen-bond donors (Lipinski definition) is 2. The first-order valence-corrected chi connectivity index (χ1v) is 10.7. The molecular formula is C21H25F5N4O4. The van der Waals surface area contributed by atoms with Crippen molar-refractivity contribution in [2.45, 2.75) is 37.9 Å². The molecule has 1 saturated carbocycles. The zero-order valence-electron chi connectivity index (χ0n) is 18.1. The van der Waals surface area contributed by atoms with Gasteiger partial charge in [0.25, 0.3) is 18.2 Å². The van der Waals surface area contributed by atoms with E-state index in [2.05, 4.69) is 5.32 Å². The average Bonchev–Trinajstić information content (AvgIpc) is 2.70. The van der Waals surface area contributed by atoms with E-state index in [0.717, 1.165) is 41.2 Å². The van der Waals surface area contributed by atoms with Crippen molar-refractivity contribution in [2.75, 3.05) is 43.1 Å². The second kappa shape index (κ2) is 10.6. The average molecular weight is 492 g/mol. The van der Waals surface area contributed by atoms with Gasteiger partial charge in [-0.15, -0.1) is 0 Å². The fourth-order valence-electron chi connectivity index (χ4n) is 4.00. The Morgan fingerprint density at radius 3 is 2.50 bits per heavy atom. The minimum absolute atomic E-state index is 0.0237. The van der Waals surface area contributed by atoms with Crippen molar-refractivity contribution in [2.24, 2.45) is 11.7 Å². The first kappa shape index (κ1) is 25.8. The zero-order chi connectivity index (χ0) is 25.0. The lowest BCUT2D eigenvalue weighted by Gasteiger charge is -2.35. The molecule has 1 heterocycles. The maximum Gasteiger partial charge on any atom is 0.418 e. The number of ether oxygens (including phenoxy) is 1. The molecule has 3 N–H and O–H groups in total. The maximum atomic E-state index is 13.7. The number of hydrogen-bond acceptors (Lipinski definition) is 5.